The Morgan fingerprint density at radius 3 is 2.53 bits per heavy atom. The zero-order valence-electron chi connectivity index (χ0n) is 9.75. The second kappa shape index (κ2) is 3.66. The number of rotatable bonds is 1. The van der Waals surface area contributed by atoms with Gasteiger partial charge in [-0.1, -0.05) is 30.3 Å². The van der Waals surface area contributed by atoms with E-state index in [0.717, 1.165) is 28.2 Å². The van der Waals surface area contributed by atoms with Crippen LogP contribution in [0, 0.1) is 13.8 Å². The van der Waals surface area contributed by atoms with Crippen molar-refractivity contribution in [1.82, 2.24) is 19.8 Å². The van der Waals surface area contributed by atoms with Crippen LogP contribution < -0.4 is 0 Å². The molecule has 0 atom stereocenters. The highest BCUT2D eigenvalue weighted by Crippen LogP contribution is 2.19. The van der Waals surface area contributed by atoms with Crippen LogP contribution in [-0.4, -0.2) is 19.8 Å². The van der Waals surface area contributed by atoms with E-state index in [9.17, 15) is 0 Å². The van der Waals surface area contributed by atoms with Gasteiger partial charge in [-0.15, -0.1) is 10.2 Å². The molecule has 0 saturated carbocycles. The molecule has 2 heterocycles. The first kappa shape index (κ1) is 9.96. The molecule has 0 fully saturated rings. The lowest BCUT2D eigenvalue weighted by Gasteiger charge is -2.02. The maximum atomic E-state index is 4.37. The summed E-state index contributed by atoms with van der Waals surface area (Å²) in [6.07, 6.45) is 1.85. The van der Waals surface area contributed by atoms with E-state index in [-0.39, 0.29) is 0 Å². The average Bonchev–Trinajstić information content (AvgIpc) is 2.79. The zero-order chi connectivity index (χ0) is 11.8. The van der Waals surface area contributed by atoms with Crippen LogP contribution in [-0.2, 0) is 0 Å². The Morgan fingerprint density at radius 1 is 1.00 bits per heavy atom. The first-order valence-electron chi connectivity index (χ1n) is 5.50. The molecule has 0 saturated heterocycles. The van der Waals surface area contributed by atoms with Crippen LogP contribution in [0.2, 0.25) is 0 Å². The molecule has 2 aromatic heterocycles. The van der Waals surface area contributed by atoms with Crippen LogP contribution >= 0.6 is 0 Å². The van der Waals surface area contributed by atoms with Gasteiger partial charge in [0.25, 0.3) is 0 Å². The van der Waals surface area contributed by atoms with Gasteiger partial charge in [-0.2, -0.15) is 9.61 Å². The topological polar surface area (TPSA) is 43.1 Å². The van der Waals surface area contributed by atoms with Gasteiger partial charge in [-0.25, -0.2) is 0 Å². The Kier molecular flexibility index (Phi) is 2.14. The van der Waals surface area contributed by atoms with Gasteiger partial charge in [0.1, 0.15) is 0 Å². The second-order valence-electron chi connectivity index (χ2n) is 4.08. The molecule has 0 bridgehead atoms. The maximum Gasteiger partial charge on any atom is 0.185 e. The van der Waals surface area contributed by atoms with E-state index in [1.165, 1.54) is 0 Å². The normalized spacial score (nSPS) is 10.9. The lowest BCUT2D eigenvalue weighted by Crippen LogP contribution is -1.98. The molecule has 4 nitrogen and oxygen atoms in total. The fourth-order valence-corrected chi connectivity index (χ4v) is 1.81. The Balaban J connectivity index is 2.30. The summed E-state index contributed by atoms with van der Waals surface area (Å²) in [4.78, 5) is 0. The molecule has 3 rings (SSSR count). The summed E-state index contributed by atoms with van der Waals surface area (Å²) in [5.74, 6) is 0.781. The van der Waals surface area contributed by atoms with Crippen LogP contribution in [0.5, 0.6) is 0 Å². The van der Waals surface area contributed by atoms with Crippen molar-refractivity contribution in [3.05, 3.63) is 47.7 Å². The molecule has 0 aliphatic heterocycles. The molecular weight excluding hydrogens is 212 g/mol. The van der Waals surface area contributed by atoms with Crippen molar-refractivity contribution in [3.8, 4) is 11.4 Å². The highest BCUT2D eigenvalue weighted by molar-refractivity contribution is 5.60. The van der Waals surface area contributed by atoms with Gasteiger partial charge in [0.2, 0.25) is 0 Å². The van der Waals surface area contributed by atoms with Gasteiger partial charge in [0, 0.05) is 11.1 Å². The van der Waals surface area contributed by atoms with Crippen molar-refractivity contribution in [2.75, 3.05) is 0 Å². The van der Waals surface area contributed by atoms with E-state index in [0.29, 0.717) is 0 Å². The second-order valence-corrected chi connectivity index (χ2v) is 4.08. The van der Waals surface area contributed by atoms with Crippen LogP contribution in [0.15, 0.2) is 36.5 Å². The van der Waals surface area contributed by atoms with E-state index < -0.39 is 0 Å². The predicted octanol–water partition coefficient (Wildman–Crippen LogP) is 2.41. The van der Waals surface area contributed by atoms with Gasteiger partial charge in [0.15, 0.2) is 11.5 Å². The lowest BCUT2D eigenvalue weighted by molar-refractivity contribution is 0.918. The molecule has 0 amide bonds. The largest absolute Gasteiger partial charge is 0.193 e. The highest BCUT2D eigenvalue weighted by atomic mass is 15.4. The minimum Gasteiger partial charge on any atom is -0.193 e. The maximum absolute atomic E-state index is 4.37. The molecule has 3 aromatic rings. The fraction of sp³-hybridized carbons (Fsp3) is 0.154. The Bertz CT molecular complexity index is 670. The summed E-state index contributed by atoms with van der Waals surface area (Å²) in [6.45, 7) is 4.06. The summed E-state index contributed by atoms with van der Waals surface area (Å²) in [5, 5.41) is 12.8. The van der Waals surface area contributed by atoms with Gasteiger partial charge >= 0.3 is 0 Å². The van der Waals surface area contributed by atoms with Crippen molar-refractivity contribution in [2.45, 2.75) is 13.8 Å². The molecular formula is C13H12N4. The average molecular weight is 224 g/mol. The SMILES string of the molecule is Cc1cnn2c(-c3ccccc3)nnc2c1C. The van der Waals surface area contributed by atoms with Crippen LogP contribution in [0.1, 0.15) is 11.1 Å². The lowest BCUT2D eigenvalue weighted by atomic mass is 10.2. The molecule has 0 aliphatic rings. The molecule has 0 radical (unpaired) electrons. The monoisotopic (exact) mass is 224 g/mol. The predicted molar refractivity (Wildman–Crippen MR) is 65.7 cm³/mol. The summed E-state index contributed by atoms with van der Waals surface area (Å²) in [6, 6.07) is 9.96. The first-order chi connectivity index (χ1) is 8.27. The Morgan fingerprint density at radius 2 is 1.76 bits per heavy atom. The summed E-state index contributed by atoms with van der Waals surface area (Å²) >= 11 is 0. The van der Waals surface area contributed by atoms with Crippen molar-refractivity contribution in [2.24, 2.45) is 0 Å². The number of hydrogen-bond acceptors (Lipinski definition) is 3. The van der Waals surface area contributed by atoms with Gasteiger partial charge in [-0.05, 0) is 19.4 Å². The van der Waals surface area contributed by atoms with E-state index in [2.05, 4.69) is 15.3 Å². The number of benzene rings is 1. The van der Waals surface area contributed by atoms with Gasteiger partial charge < -0.3 is 0 Å². The summed E-state index contributed by atoms with van der Waals surface area (Å²) in [5.41, 5.74) is 4.10. The molecule has 0 aliphatic carbocycles. The number of aromatic nitrogens is 4. The molecule has 0 N–H and O–H groups in total. The minimum atomic E-state index is 0.781. The van der Waals surface area contributed by atoms with E-state index in [4.69, 9.17) is 0 Å². The van der Waals surface area contributed by atoms with E-state index >= 15 is 0 Å². The quantitative estimate of drug-likeness (QED) is 0.637. The van der Waals surface area contributed by atoms with Crippen molar-refractivity contribution < 1.29 is 0 Å². The smallest absolute Gasteiger partial charge is 0.185 e. The highest BCUT2D eigenvalue weighted by Gasteiger charge is 2.11. The number of nitrogens with zero attached hydrogens (tertiary/aromatic N) is 4. The van der Waals surface area contributed by atoms with Crippen molar-refractivity contribution in [3.63, 3.8) is 0 Å². The number of aryl methyl sites for hydroxylation is 2. The molecule has 0 spiro atoms. The van der Waals surface area contributed by atoms with Gasteiger partial charge in [-0.3, -0.25) is 0 Å². The summed E-state index contributed by atoms with van der Waals surface area (Å²) < 4.78 is 1.79. The van der Waals surface area contributed by atoms with Crippen LogP contribution in [0.3, 0.4) is 0 Å². The zero-order valence-corrected chi connectivity index (χ0v) is 9.75. The van der Waals surface area contributed by atoms with Crippen LogP contribution in [0.4, 0.5) is 0 Å². The first-order valence-corrected chi connectivity index (χ1v) is 5.50. The number of fused-ring (bicyclic) bond motifs is 1. The molecule has 0 unspecified atom stereocenters. The molecule has 4 heteroatoms. The summed E-state index contributed by atoms with van der Waals surface area (Å²) in [7, 11) is 0. The molecule has 17 heavy (non-hydrogen) atoms. The van der Waals surface area contributed by atoms with E-state index in [1.54, 1.807) is 4.52 Å². The third-order valence-corrected chi connectivity index (χ3v) is 2.97. The van der Waals surface area contributed by atoms with Crippen LogP contribution in [0.25, 0.3) is 17.0 Å². The van der Waals surface area contributed by atoms with Gasteiger partial charge in [0.05, 0.1) is 6.20 Å². The Hall–Kier alpha value is -2.23. The third-order valence-electron chi connectivity index (χ3n) is 2.97. The van der Waals surface area contributed by atoms with E-state index in [1.807, 2.05) is 50.4 Å². The standard InChI is InChI=1S/C13H12N4/c1-9-8-14-17-12(10(9)2)15-16-13(17)11-6-4-3-5-7-11/h3-8H,1-2H3. The molecule has 84 valence electrons. The Labute approximate surface area is 98.9 Å². The fourth-order valence-electron chi connectivity index (χ4n) is 1.81. The third kappa shape index (κ3) is 1.49. The number of hydrogen-bond donors (Lipinski definition) is 0. The minimum absolute atomic E-state index is 0.781. The van der Waals surface area contributed by atoms with Crippen molar-refractivity contribution >= 4 is 5.65 Å². The molecule has 1 aromatic carbocycles. The van der Waals surface area contributed by atoms with Crippen molar-refractivity contribution in [1.29, 1.82) is 0 Å².